The number of hydrogen-bond donors (Lipinski definition) is 1. The van der Waals surface area contributed by atoms with Gasteiger partial charge in [-0.05, 0) is 41.8 Å². The first-order chi connectivity index (χ1) is 16.7. The molecule has 1 N–H and O–H groups in total. The summed E-state index contributed by atoms with van der Waals surface area (Å²) in [4.78, 5) is 27.9. The summed E-state index contributed by atoms with van der Waals surface area (Å²) < 4.78 is 11.9. The Bertz CT molecular complexity index is 1270. The molecule has 0 bridgehead atoms. The molecule has 0 radical (unpaired) electrons. The van der Waals surface area contributed by atoms with Gasteiger partial charge in [0.15, 0.2) is 0 Å². The largest absolute Gasteiger partial charge is 0.491 e. The Morgan fingerprint density at radius 3 is 2.38 bits per heavy atom. The van der Waals surface area contributed by atoms with Crippen LogP contribution in [-0.4, -0.2) is 23.8 Å². The zero-order valence-electron chi connectivity index (χ0n) is 19.0. The number of anilines is 1. The van der Waals surface area contributed by atoms with Gasteiger partial charge in [0.25, 0.3) is 0 Å². The first-order valence-electron chi connectivity index (χ1n) is 11.2. The van der Waals surface area contributed by atoms with Crippen LogP contribution in [0.3, 0.4) is 0 Å². The highest BCUT2D eigenvalue weighted by molar-refractivity contribution is 5.93. The van der Waals surface area contributed by atoms with Crippen molar-refractivity contribution in [2.24, 2.45) is 0 Å². The fourth-order valence-electron chi connectivity index (χ4n) is 3.66. The number of carbonyl (C=O) groups excluding carboxylic acids is 2. The number of ether oxygens (including phenoxy) is 2. The van der Waals surface area contributed by atoms with Gasteiger partial charge in [0, 0.05) is 30.5 Å². The monoisotopic (exact) mass is 454 g/mol. The van der Waals surface area contributed by atoms with E-state index in [1.807, 2.05) is 61.5 Å². The van der Waals surface area contributed by atoms with E-state index in [4.69, 9.17) is 9.47 Å². The van der Waals surface area contributed by atoms with Crippen LogP contribution in [0.25, 0.3) is 10.9 Å². The van der Waals surface area contributed by atoms with Crippen LogP contribution < -0.4 is 14.8 Å². The summed E-state index contributed by atoms with van der Waals surface area (Å²) in [6, 6.07) is 22.6. The van der Waals surface area contributed by atoms with Gasteiger partial charge in [-0.15, -0.1) is 0 Å². The Hall–Kier alpha value is -4.19. The average Bonchev–Trinajstić information content (AvgIpc) is 2.85. The molecule has 4 aromatic rings. The lowest BCUT2D eigenvalue weighted by molar-refractivity contribution is -0.117. The van der Waals surface area contributed by atoms with Crippen molar-refractivity contribution in [2.75, 3.05) is 11.9 Å². The topological polar surface area (TPSA) is 77.5 Å². The normalized spacial score (nSPS) is 10.6. The van der Waals surface area contributed by atoms with Crippen LogP contribution in [0.1, 0.15) is 24.5 Å². The van der Waals surface area contributed by atoms with Gasteiger partial charge < -0.3 is 14.8 Å². The summed E-state index contributed by atoms with van der Waals surface area (Å²) in [5.74, 6) is 1.98. The smallest absolute Gasteiger partial charge is 0.211 e. The van der Waals surface area contributed by atoms with Gasteiger partial charge in [-0.3, -0.25) is 14.6 Å². The minimum Gasteiger partial charge on any atom is -0.491 e. The summed E-state index contributed by atoms with van der Waals surface area (Å²) in [7, 11) is 0. The van der Waals surface area contributed by atoms with Crippen LogP contribution in [0.2, 0.25) is 0 Å². The van der Waals surface area contributed by atoms with Crippen LogP contribution in [-0.2, 0) is 22.4 Å². The molecule has 1 amide bonds. The number of pyridine rings is 1. The molecule has 0 saturated heterocycles. The number of hydrogen-bond acceptors (Lipinski definition) is 5. The molecule has 0 aliphatic rings. The van der Waals surface area contributed by atoms with Crippen LogP contribution >= 0.6 is 0 Å². The van der Waals surface area contributed by atoms with Gasteiger partial charge in [0.2, 0.25) is 6.41 Å². The second kappa shape index (κ2) is 11.1. The fourth-order valence-corrected chi connectivity index (χ4v) is 3.66. The lowest BCUT2D eigenvalue weighted by atomic mass is 10.0. The predicted molar refractivity (Wildman–Crippen MR) is 133 cm³/mol. The number of carbonyl (C=O) groups is 2. The Morgan fingerprint density at radius 1 is 0.941 bits per heavy atom. The third-order valence-corrected chi connectivity index (χ3v) is 5.28. The molecule has 1 heterocycles. The van der Waals surface area contributed by atoms with Crippen LogP contribution in [0, 0.1) is 0 Å². The van der Waals surface area contributed by atoms with Crippen molar-refractivity contribution in [3.05, 3.63) is 90.1 Å². The molecular formula is C28H26N2O4. The number of benzene rings is 3. The summed E-state index contributed by atoms with van der Waals surface area (Å²) in [6.45, 7) is 2.55. The lowest BCUT2D eigenvalue weighted by Crippen LogP contribution is -2.06. The van der Waals surface area contributed by atoms with Crippen LogP contribution in [0.4, 0.5) is 5.69 Å². The van der Waals surface area contributed by atoms with Crippen molar-refractivity contribution in [1.29, 1.82) is 0 Å². The second-order valence-electron chi connectivity index (χ2n) is 7.91. The number of nitrogens with zero attached hydrogens (tertiary/aromatic N) is 1. The number of Topliss-reactive ketones (excluding diaryl/α,β-unsaturated/α-hetero) is 1. The number of fused-ring (bicyclic) bond motifs is 1. The summed E-state index contributed by atoms with van der Waals surface area (Å²) in [6.07, 6.45) is 3.93. The summed E-state index contributed by atoms with van der Waals surface area (Å²) in [5.41, 5.74) is 3.20. The van der Waals surface area contributed by atoms with E-state index in [0.29, 0.717) is 54.3 Å². The molecule has 0 spiro atoms. The van der Waals surface area contributed by atoms with Crippen molar-refractivity contribution >= 4 is 28.8 Å². The quantitative estimate of drug-likeness (QED) is 0.293. The average molecular weight is 455 g/mol. The maximum absolute atomic E-state index is 12.4. The van der Waals surface area contributed by atoms with E-state index < -0.39 is 0 Å². The highest BCUT2D eigenvalue weighted by atomic mass is 16.5. The van der Waals surface area contributed by atoms with Crippen molar-refractivity contribution in [2.45, 2.75) is 26.2 Å². The van der Waals surface area contributed by atoms with E-state index in [2.05, 4.69) is 10.3 Å². The van der Waals surface area contributed by atoms with E-state index in [-0.39, 0.29) is 5.78 Å². The minimum absolute atomic E-state index is 0.163. The second-order valence-corrected chi connectivity index (χ2v) is 7.91. The zero-order valence-corrected chi connectivity index (χ0v) is 19.0. The maximum Gasteiger partial charge on any atom is 0.211 e. The van der Waals surface area contributed by atoms with Gasteiger partial charge in [-0.25, -0.2) is 0 Å². The van der Waals surface area contributed by atoms with E-state index in [1.54, 1.807) is 24.4 Å². The summed E-state index contributed by atoms with van der Waals surface area (Å²) in [5, 5.41) is 3.44. The van der Waals surface area contributed by atoms with Crippen LogP contribution in [0.5, 0.6) is 17.2 Å². The van der Waals surface area contributed by atoms with E-state index in [0.717, 1.165) is 22.9 Å². The van der Waals surface area contributed by atoms with Gasteiger partial charge in [-0.1, -0.05) is 49.4 Å². The predicted octanol–water partition coefficient (Wildman–Crippen LogP) is 5.74. The Balaban J connectivity index is 1.50. The zero-order chi connectivity index (χ0) is 23.8. The summed E-state index contributed by atoms with van der Waals surface area (Å²) >= 11 is 0. The molecule has 4 rings (SSSR count). The number of ketones is 1. The first-order valence-corrected chi connectivity index (χ1v) is 11.2. The first kappa shape index (κ1) is 23.0. The van der Waals surface area contributed by atoms with Crippen molar-refractivity contribution in [3.8, 4) is 17.2 Å². The Labute approximate surface area is 198 Å². The molecule has 6 heteroatoms. The van der Waals surface area contributed by atoms with Gasteiger partial charge in [0.1, 0.15) is 23.0 Å². The highest BCUT2D eigenvalue weighted by Crippen LogP contribution is 2.35. The van der Waals surface area contributed by atoms with Crippen molar-refractivity contribution in [3.63, 3.8) is 0 Å². The molecule has 0 unspecified atom stereocenters. The number of aromatic nitrogens is 1. The minimum atomic E-state index is 0.163. The lowest BCUT2D eigenvalue weighted by Gasteiger charge is -2.14. The molecule has 0 fully saturated rings. The molecule has 0 atom stereocenters. The molecule has 3 aromatic carbocycles. The van der Waals surface area contributed by atoms with Crippen molar-refractivity contribution in [1.82, 2.24) is 4.98 Å². The number of nitrogens with one attached hydrogen (secondary N) is 1. The third-order valence-electron chi connectivity index (χ3n) is 5.28. The van der Waals surface area contributed by atoms with Crippen molar-refractivity contribution < 1.29 is 19.1 Å². The molecular weight excluding hydrogens is 428 g/mol. The van der Waals surface area contributed by atoms with Gasteiger partial charge in [0.05, 0.1) is 17.8 Å². The molecule has 172 valence electrons. The molecule has 0 aliphatic heterocycles. The molecule has 34 heavy (non-hydrogen) atoms. The van der Waals surface area contributed by atoms with E-state index >= 15 is 0 Å². The molecule has 0 saturated carbocycles. The van der Waals surface area contributed by atoms with E-state index in [9.17, 15) is 9.59 Å². The molecule has 0 aliphatic carbocycles. The number of amides is 1. The fraction of sp³-hybridized carbons (Fsp3) is 0.179. The SMILES string of the molecule is CCCOc1cc2nccc(Oc3ccc(CC(=O)Cc4ccccc4)cc3)c2cc1NC=O. The number of rotatable bonds is 11. The highest BCUT2D eigenvalue weighted by Gasteiger charge is 2.12. The van der Waals surface area contributed by atoms with Gasteiger partial charge in [-0.2, -0.15) is 0 Å². The van der Waals surface area contributed by atoms with Crippen LogP contribution in [0.15, 0.2) is 79.0 Å². The molecule has 1 aromatic heterocycles. The maximum atomic E-state index is 12.4. The van der Waals surface area contributed by atoms with E-state index in [1.165, 1.54) is 0 Å². The Kier molecular flexibility index (Phi) is 7.50. The Morgan fingerprint density at radius 2 is 1.68 bits per heavy atom. The van der Waals surface area contributed by atoms with Gasteiger partial charge >= 0.3 is 0 Å². The molecule has 6 nitrogen and oxygen atoms in total. The third kappa shape index (κ3) is 5.78. The standard InChI is InChI=1S/C28H26N2O4/c1-2-14-33-28-18-25-24(17-26(28)30-19-31)27(12-13-29-25)34-23-10-8-21(9-11-23)16-22(32)15-20-6-4-3-5-7-20/h3-13,17-19H,2,14-16H2,1H3,(H,30,31).